The maximum absolute atomic E-state index is 9.52. The summed E-state index contributed by atoms with van der Waals surface area (Å²) in [6.07, 6.45) is 11.2. The molecule has 7 nitrogen and oxygen atoms in total. The van der Waals surface area contributed by atoms with Crippen molar-refractivity contribution < 1.29 is 0 Å². The Labute approximate surface area is 181 Å². The SMILES string of the molecule is N#Cc1cnc(NCc2cnccc2Cl)nc1NCC12CC3CC(C1)C(N)[C@H](C3)C2. The molecule has 0 radical (unpaired) electrons. The van der Waals surface area contributed by atoms with Gasteiger partial charge in [-0.3, -0.25) is 4.98 Å². The normalized spacial score (nSPS) is 31.4. The van der Waals surface area contributed by atoms with Crippen LogP contribution in [0.1, 0.15) is 43.2 Å². The number of nitriles is 1. The summed E-state index contributed by atoms with van der Waals surface area (Å²) < 4.78 is 0. The van der Waals surface area contributed by atoms with Gasteiger partial charge in [0.15, 0.2) is 0 Å². The summed E-state index contributed by atoms with van der Waals surface area (Å²) in [5, 5.41) is 16.8. The van der Waals surface area contributed by atoms with E-state index in [1.165, 1.54) is 32.1 Å². The second-order valence-electron chi connectivity index (χ2n) is 9.29. The molecular formula is C22H26ClN7. The van der Waals surface area contributed by atoms with E-state index in [2.05, 4.69) is 31.7 Å². The molecule has 4 bridgehead atoms. The van der Waals surface area contributed by atoms with Crippen LogP contribution >= 0.6 is 11.6 Å². The number of aromatic nitrogens is 3. The number of hydrogen-bond acceptors (Lipinski definition) is 7. The molecule has 0 saturated heterocycles. The van der Waals surface area contributed by atoms with E-state index in [1.54, 1.807) is 24.7 Å². The van der Waals surface area contributed by atoms with Crippen LogP contribution in [-0.2, 0) is 6.54 Å². The molecule has 8 heteroatoms. The summed E-state index contributed by atoms with van der Waals surface area (Å²) in [6, 6.07) is 4.33. The lowest BCUT2D eigenvalue weighted by Crippen LogP contribution is -2.58. The quantitative estimate of drug-likeness (QED) is 0.650. The van der Waals surface area contributed by atoms with Crippen LogP contribution in [0.4, 0.5) is 11.8 Å². The smallest absolute Gasteiger partial charge is 0.224 e. The lowest BCUT2D eigenvalue weighted by molar-refractivity contribution is -0.0591. The third kappa shape index (κ3) is 3.59. The molecule has 6 rings (SSSR count). The van der Waals surface area contributed by atoms with Crippen molar-refractivity contribution in [3.05, 3.63) is 40.8 Å². The fourth-order valence-corrected chi connectivity index (χ4v) is 6.29. The fraction of sp³-hybridized carbons (Fsp3) is 0.545. The van der Waals surface area contributed by atoms with Gasteiger partial charge in [-0.2, -0.15) is 10.2 Å². The van der Waals surface area contributed by atoms with Crippen LogP contribution in [0.25, 0.3) is 0 Å². The summed E-state index contributed by atoms with van der Waals surface area (Å²) in [4.78, 5) is 12.9. The molecule has 2 aromatic heterocycles. The first-order chi connectivity index (χ1) is 14.5. The number of rotatable bonds is 6. The molecule has 0 spiro atoms. The van der Waals surface area contributed by atoms with Gasteiger partial charge in [0.2, 0.25) is 5.95 Å². The number of nitrogens with two attached hydrogens (primary N) is 1. The average molecular weight is 424 g/mol. The Morgan fingerprint density at radius 3 is 2.73 bits per heavy atom. The highest BCUT2D eigenvalue weighted by atomic mass is 35.5. The second kappa shape index (κ2) is 7.68. The van der Waals surface area contributed by atoms with Crippen molar-refractivity contribution in [3.63, 3.8) is 0 Å². The van der Waals surface area contributed by atoms with Gasteiger partial charge in [-0.15, -0.1) is 0 Å². The monoisotopic (exact) mass is 423 g/mol. The fourth-order valence-electron chi connectivity index (χ4n) is 6.12. The standard InChI is InChI=1S/C22H26ClN7/c23-18-1-2-26-9-17(18)11-28-21-27-10-16(8-24)20(30-21)29-12-22-5-13-3-14(6-22)19(25)15(4-13)7-22/h1-2,9-10,13-15,19H,3-7,11-12,25H2,(H2,27,28,29,30)/t13?,14-,15?,19?,22?/m1/s1. The molecule has 2 aromatic rings. The maximum Gasteiger partial charge on any atom is 0.224 e. The van der Waals surface area contributed by atoms with E-state index in [9.17, 15) is 5.26 Å². The minimum absolute atomic E-state index is 0.279. The Hall–Kier alpha value is -2.43. The largest absolute Gasteiger partial charge is 0.368 e. The Kier molecular flexibility index (Phi) is 5.00. The zero-order chi connectivity index (χ0) is 20.7. The number of halogens is 1. The molecule has 4 aliphatic carbocycles. The van der Waals surface area contributed by atoms with Gasteiger partial charge in [-0.05, 0) is 61.3 Å². The first kappa shape index (κ1) is 19.5. The van der Waals surface area contributed by atoms with Gasteiger partial charge < -0.3 is 16.4 Å². The Bertz CT molecular complexity index is 972. The topological polar surface area (TPSA) is 113 Å². The average Bonchev–Trinajstić information content (AvgIpc) is 2.75. The number of nitrogens with zero attached hydrogens (tertiary/aromatic N) is 4. The number of anilines is 2. The molecule has 30 heavy (non-hydrogen) atoms. The maximum atomic E-state index is 9.52. The Morgan fingerprint density at radius 2 is 2.00 bits per heavy atom. The van der Waals surface area contributed by atoms with Crippen LogP contribution in [0, 0.1) is 34.5 Å². The molecule has 4 saturated carbocycles. The lowest BCUT2D eigenvalue weighted by Gasteiger charge is -2.59. The predicted molar refractivity (Wildman–Crippen MR) is 116 cm³/mol. The third-order valence-electron chi connectivity index (χ3n) is 7.29. The van der Waals surface area contributed by atoms with E-state index in [0.29, 0.717) is 46.8 Å². The highest BCUT2D eigenvalue weighted by Gasteiger charge is 2.54. The summed E-state index contributed by atoms with van der Waals surface area (Å²) in [7, 11) is 0. The van der Waals surface area contributed by atoms with Crippen molar-refractivity contribution in [2.75, 3.05) is 17.2 Å². The van der Waals surface area contributed by atoms with Crippen molar-refractivity contribution in [1.29, 1.82) is 5.26 Å². The van der Waals surface area contributed by atoms with Gasteiger partial charge >= 0.3 is 0 Å². The van der Waals surface area contributed by atoms with E-state index >= 15 is 0 Å². The summed E-state index contributed by atoms with van der Waals surface area (Å²) in [6.45, 7) is 1.30. The first-order valence-corrected chi connectivity index (χ1v) is 11.0. The van der Waals surface area contributed by atoms with Crippen LogP contribution in [0.3, 0.4) is 0 Å². The molecule has 4 N–H and O–H groups in total. The van der Waals surface area contributed by atoms with Gasteiger partial charge in [0.05, 0.1) is 6.20 Å². The van der Waals surface area contributed by atoms with Crippen molar-refractivity contribution in [2.45, 2.75) is 44.7 Å². The van der Waals surface area contributed by atoms with Crippen LogP contribution in [-0.4, -0.2) is 27.5 Å². The van der Waals surface area contributed by atoms with Gasteiger partial charge in [0.25, 0.3) is 0 Å². The number of nitrogens with one attached hydrogen (secondary N) is 2. The Balaban J connectivity index is 1.29. The van der Waals surface area contributed by atoms with E-state index in [-0.39, 0.29) is 5.41 Å². The molecular weight excluding hydrogens is 398 g/mol. The van der Waals surface area contributed by atoms with Gasteiger partial charge in [-0.1, -0.05) is 11.6 Å². The van der Waals surface area contributed by atoms with E-state index in [4.69, 9.17) is 17.3 Å². The summed E-state index contributed by atoms with van der Waals surface area (Å²) >= 11 is 6.19. The number of pyridine rings is 1. The van der Waals surface area contributed by atoms with Gasteiger partial charge in [-0.25, -0.2) is 4.98 Å². The molecule has 0 aromatic carbocycles. The third-order valence-corrected chi connectivity index (χ3v) is 7.66. The second-order valence-corrected chi connectivity index (χ2v) is 9.70. The molecule has 156 valence electrons. The van der Waals surface area contributed by atoms with Crippen LogP contribution < -0.4 is 16.4 Å². The van der Waals surface area contributed by atoms with Crippen molar-refractivity contribution in [2.24, 2.45) is 28.9 Å². The minimum Gasteiger partial charge on any atom is -0.368 e. The molecule has 0 aliphatic heterocycles. The summed E-state index contributed by atoms with van der Waals surface area (Å²) in [5.41, 5.74) is 8.09. The van der Waals surface area contributed by atoms with Crippen molar-refractivity contribution >= 4 is 23.4 Å². The van der Waals surface area contributed by atoms with Gasteiger partial charge in [0, 0.05) is 42.1 Å². The molecule has 0 amide bonds. The van der Waals surface area contributed by atoms with Crippen LogP contribution in [0.5, 0.6) is 0 Å². The Morgan fingerprint density at radius 1 is 1.20 bits per heavy atom. The van der Waals surface area contributed by atoms with Crippen LogP contribution in [0.2, 0.25) is 5.02 Å². The predicted octanol–water partition coefficient (Wildman–Crippen LogP) is 3.57. The molecule has 4 fully saturated rings. The number of hydrogen-bond donors (Lipinski definition) is 3. The zero-order valence-corrected chi connectivity index (χ0v) is 17.6. The van der Waals surface area contributed by atoms with Crippen LogP contribution in [0.15, 0.2) is 24.7 Å². The van der Waals surface area contributed by atoms with E-state index in [0.717, 1.165) is 18.0 Å². The van der Waals surface area contributed by atoms with E-state index in [1.807, 2.05) is 0 Å². The lowest BCUT2D eigenvalue weighted by atomic mass is 9.48. The van der Waals surface area contributed by atoms with Crippen molar-refractivity contribution in [1.82, 2.24) is 15.0 Å². The minimum atomic E-state index is 0.279. The summed E-state index contributed by atoms with van der Waals surface area (Å²) in [5.74, 6) is 3.17. The van der Waals surface area contributed by atoms with Crippen molar-refractivity contribution in [3.8, 4) is 6.07 Å². The molecule has 5 atom stereocenters. The zero-order valence-electron chi connectivity index (χ0n) is 16.8. The highest BCUT2D eigenvalue weighted by Crippen LogP contribution is 2.59. The van der Waals surface area contributed by atoms with Gasteiger partial charge in [0.1, 0.15) is 17.5 Å². The first-order valence-electron chi connectivity index (χ1n) is 10.6. The molecule has 4 aliphatic rings. The highest BCUT2D eigenvalue weighted by molar-refractivity contribution is 6.31. The van der Waals surface area contributed by atoms with E-state index < -0.39 is 0 Å². The molecule has 2 heterocycles. The molecule has 4 unspecified atom stereocenters.